The summed E-state index contributed by atoms with van der Waals surface area (Å²) >= 11 is 1.24. The summed E-state index contributed by atoms with van der Waals surface area (Å²) in [5, 5.41) is 10.6. The van der Waals surface area contributed by atoms with Crippen molar-refractivity contribution < 1.29 is 18.7 Å². The van der Waals surface area contributed by atoms with Crippen LogP contribution < -0.4 is 5.32 Å². The van der Waals surface area contributed by atoms with Crippen molar-refractivity contribution >= 4 is 29.5 Å². The molecule has 2 aromatic heterocycles. The van der Waals surface area contributed by atoms with Crippen LogP contribution in [0.4, 0.5) is 5.82 Å². The normalized spacial score (nSPS) is 11.7. The molecule has 116 valence electrons. The van der Waals surface area contributed by atoms with E-state index < -0.39 is 5.91 Å². The lowest BCUT2D eigenvalue weighted by Gasteiger charge is -2.09. The third-order valence-electron chi connectivity index (χ3n) is 2.54. The molecule has 1 N–H and O–H groups in total. The molecule has 7 nitrogen and oxygen atoms in total. The molecule has 0 spiro atoms. The fraction of sp³-hybridized carbons (Fsp3) is 0.286. The smallest absolute Gasteiger partial charge is 0.319 e. The van der Waals surface area contributed by atoms with Gasteiger partial charge in [-0.15, -0.1) is 10.2 Å². The number of anilines is 1. The molecule has 0 saturated carbocycles. The van der Waals surface area contributed by atoms with Crippen LogP contribution in [0.5, 0.6) is 0 Å². The third-order valence-corrected chi connectivity index (χ3v) is 3.55. The number of furan rings is 1. The lowest BCUT2D eigenvalue weighted by molar-refractivity contribution is -0.142. The van der Waals surface area contributed by atoms with Crippen LogP contribution in [0.3, 0.4) is 0 Å². The number of carbonyl (C=O) groups is 2. The Morgan fingerprint density at radius 3 is 2.77 bits per heavy atom. The van der Waals surface area contributed by atoms with Crippen molar-refractivity contribution in [2.24, 2.45) is 0 Å². The maximum absolute atomic E-state index is 11.8. The summed E-state index contributed by atoms with van der Waals surface area (Å²) in [6.07, 6.45) is 1.41. The molecule has 0 aliphatic rings. The van der Waals surface area contributed by atoms with E-state index in [4.69, 9.17) is 9.15 Å². The Morgan fingerprint density at radius 1 is 1.36 bits per heavy atom. The predicted octanol–water partition coefficient (Wildman–Crippen LogP) is 2.37. The van der Waals surface area contributed by atoms with Crippen molar-refractivity contribution in [3.8, 4) is 0 Å². The Morgan fingerprint density at radius 2 is 2.18 bits per heavy atom. The van der Waals surface area contributed by atoms with Crippen LogP contribution in [0, 0.1) is 0 Å². The van der Waals surface area contributed by atoms with Gasteiger partial charge in [0.05, 0.1) is 12.9 Å². The molecule has 1 atom stereocenters. The zero-order valence-corrected chi connectivity index (χ0v) is 12.9. The average molecular weight is 321 g/mol. The van der Waals surface area contributed by atoms with Gasteiger partial charge in [-0.3, -0.25) is 9.59 Å². The van der Waals surface area contributed by atoms with E-state index in [0.29, 0.717) is 17.5 Å². The Kier molecular flexibility index (Phi) is 5.54. The van der Waals surface area contributed by atoms with E-state index in [1.165, 1.54) is 18.0 Å². The van der Waals surface area contributed by atoms with Gasteiger partial charge < -0.3 is 14.5 Å². The number of hydrogen-bond donors (Lipinski definition) is 1. The first-order valence-electron chi connectivity index (χ1n) is 6.62. The number of nitrogens with one attached hydrogen (secondary N) is 1. The molecular formula is C14H15N3O4S. The summed E-state index contributed by atoms with van der Waals surface area (Å²) in [7, 11) is 0. The maximum Gasteiger partial charge on any atom is 0.319 e. The molecule has 0 radical (unpaired) electrons. The second kappa shape index (κ2) is 7.60. The highest BCUT2D eigenvalue weighted by atomic mass is 32.2. The first-order valence-corrected chi connectivity index (χ1v) is 7.50. The number of aromatic nitrogens is 2. The minimum Gasteiger partial charge on any atom is -0.465 e. The van der Waals surface area contributed by atoms with E-state index in [9.17, 15) is 9.59 Å². The van der Waals surface area contributed by atoms with Gasteiger partial charge in [0.1, 0.15) is 10.3 Å². The summed E-state index contributed by atoms with van der Waals surface area (Å²) in [4.78, 5) is 23.3. The van der Waals surface area contributed by atoms with Crippen LogP contribution in [-0.4, -0.2) is 33.9 Å². The Labute approximate surface area is 131 Å². The molecule has 22 heavy (non-hydrogen) atoms. The van der Waals surface area contributed by atoms with E-state index in [-0.39, 0.29) is 17.0 Å². The second-order valence-electron chi connectivity index (χ2n) is 4.20. The van der Waals surface area contributed by atoms with Gasteiger partial charge in [-0.1, -0.05) is 11.8 Å². The van der Waals surface area contributed by atoms with Gasteiger partial charge in [0.15, 0.2) is 11.6 Å². The molecule has 2 aromatic rings. The molecule has 0 unspecified atom stereocenters. The lowest BCUT2D eigenvalue weighted by Crippen LogP contribution is -2.17. The van der Waals surface area contributed by atoms with Crippen molar-refractivity contribution in [1.82, 2.24) is 10.2 Å². The molecule has 8 heteroatoms. The van der Waals surface area contributed by atoms with Crippen molar-refractivity contribution in [2.75, 3.05) is 11.9 Å². The summed E-state index contributed by atoms with van der Waals surface area (Å²) in [5.74, 6) is -0.213. The van der Waals surface area contributed by atoms with Gasteiger partial charge in [0.2, 0.25) is 0 Å². The van der Waals surface area contributed by atoms with Gasteiger partial charge in [-0.05, 0) is 38.1 Å². The van der Waals surface area contributed by atoms with E-state index in [1.807, 2.05) is 0 Å². The lowest BCUT2D eigenvalue weighted by atomic mass is 10.4. The van der Waals surface area contributed by atoms with Gasteiger partial charge in [0, 0.05) is 0 Å². The maximum atomic E-state index is 11.8. The number of carbonyl (C=O) groups excluding carboxylic acids is 2. The molecule has 0 aromatic carbocycles. The molecule has 1 amide bonds. The number of rotatable bonds is 6. The first kappa shape index (κ1) is 16.0. The Balaban J connectivity index is 1.93. The number of thioether (sulfide) groups is 1. The van der Waals surface area contributed by atoms with Crippen molar-refractivity contribution in [2.45, 2.75) is 24.1 Å². The first-order chi connectivity index (χ1) is 10.6. The minimum absolute atomic E-state index is 0.191. The largest absolute Gasteiger partial charge is 0.465 e. The number of ether oxygens (including phenoxy) is 1. The molecule has 0 fully saturated rings. The number of amides is 1. The van der Waals surface area contributed by atoms with Crippen molar-refractivity contribution in [3.63, 3.8) is 0 Å². The Bertz CT molecular complexity index is 628. The van der Waals surface area contributed by atoms with Gasteiger partial charge in [-0.2, -0.15) is 0 Å². The average Bonchev–Trinajstić information content (AvgIpc) is 3.04. The summed E-state index contributed by atoms with van der Waals surface area (Å²) in [5.41, 5.74) is 0. The standard InChI is InChI=1S/C14H15N3O4S/c1-3-20-14(19)9(2)22-12-7-6-11(16-17-12)15-13(18)10-5-4-8-21-10/h4-9H,3H2,1-2H3,(H,15,16,18)/t9-/m0/s1. The van der Waals surface area contributed by atoms with Crippen LogP contribution in [-0.2, 0) is 9.53 Å². The molecular weight excluding hydrogens is 306 g/mol. The van der Waals surface area contributed by atoms with Gasteiger partial charge in [0.25, 0.3) is 5.91 Å². The highest BCUT2D eigenvalue weighted by Gasteiger charge is 2.16. The zero-order chi connectivity index (χ0) is 15.9. The molecule has 0 saturated heterocycles. The highest BCUT2D eigenvalue weighted by molar-refractivity contribution is 8.00. The topological polar surface area (TPSA) is 94.3 Å². The van der Waals surface area contributed by atoms with Crippen LogP contribution in [0.25, 0.3) is 0 Å². The molecule has 0 bridgehead atoms. The zero-order valence-electron chi connectivity index (χ0n) is 12.1. The van der Waals surface area contributed by atoms with Crippen LogP contribution >= 0.6 is 11.8 Å². The monoisotopic (exact) mass is 321 g/mol. The predicted molar refractivity (Wildman–Crippen MR) is 80.6 cm³/mol. The van der Waals surface area contributed by atoms with Gasteiger partial charge >= 0.3 is 5.97 Å². The molecule has 2 rings (SSSR count). The fourth-order valence-electron chi connectivity index (χ4n) is 1.52. The molecule has 0 aliphatic heterocycles. The number of esters is 1. The van der Waals surface area contributed by atoms with E-state index in [1.54, 1.807) is 38.1 Å². The van der Waals surface area contributed by atoms with Crippen molar-refractivity contribution in [3.05, 3.63) is 36.3 Å². The summed E-state index contributed by atoms with van der Waals surface area (Å²) in [6, 6.07) is 6.45. The van der Waals surface area contributed by atoms with Crippen LogP contribution in [0.15, 0.2) is 40.0 Å². The quantitative estimate of drug-likeness (QED) is 0.644. The minimum atomic E-state index is -0.403. The van der Waals surface area contributed by atoms with Gasteiger partial charge in [-0.25, -0.2) is 0 Å². The van der Waals surface area contributed by atoms with E-state index in [2.05, 4.69) is 15.5 Å². The highest BCUT2D eigenvalue weighted by Crippen LogP contribution is 2.22. The Hall–Kier alpha value is -2.35. The van der Waals surface area contributed by atoms with Crippen molar-refractivity contribution in [1.29, 1.82) is 0 Å². The van der Waals surface area contributed by atoms with E-state index >= 15 is 0 Å². The van der Waals surface area contributed by atoms with Crippen LogP contribution in [0.1, 0.15) is 24.4 Å². The summed E-state index contributed by atoms with van der Waals surface area (Å²) < 4.78 is 9.90. The third kappa shape index (κ3) is 4.32. The van der Waals surface area contributed by atoms with E-state index in [0.717, 1.165) is 0 Å². The fourth-order valence-corrected chi connectivity index (χ4v) is 2.29. The summed E-state index contributed by atoms with van der Waals surface area (Å²) in [6.45, 7) is 3.83. The molecule has 2 heterocycles. The SMILES string of the molecule is CCOC(=O)[C@H](C)Sc1ccc(NC(=O)c2ccco2)nn1. The second-order valence-corrected chi connectivity index (χ2v) is 5.56. The number of hydrogen-bond acceptors (Lipinski definition) is 7. The van der Waals surface area contributed by atoms with Crippen LogP contribution in [0.2, 0.25) is 0 Å². The number of nitrogens with zero attached hydrogens (tertiary/aromatic N) is 2. The molecule has 0 aliphatic carbocycles.